The molecule has 1 aliphatic heterocycles. The standard InChI is InChI=1S/C14H25ClN4O/c1-3-4-5-13-17-12(14(15)18-13)9-16-8-11-10-19(2)6-7-20-11/h11,16H,3-10H2,1-2H3,(H,17,18). The highest BCUT2D eigenvalue weighted by molar-refractivity contribution is 6.30. The second-order valence-electron chi connectivity index (χ2n) is 5.44. The number of likely N-dealkylation sites (N-methyl/N-ethyl adjacent to an activating group) is 1. The third-order valence-electron chi connectivity index (χ3n) is 3.56. The van der Waals surface area contributed by atoms with Gasteiger partial charge in [-0.2, -0.15) is 0 Å². The average Bonchev–Trinajstić information content (AvgIpc) is 2.77. The smallest absolute Gasteiger partial charge is 0.151 e. The zero-order valence-electron chi connectivity index (χ0n) is 12.4. The van der Waals surface area contributed by atoms with Gasteiger partial charge in [-0.05, 0) is 13.5 Å². The fourth-order valence-electron chi connectivity index (χ4n) is 2.37. The van der Waals surface area contributed by atoms with Gasteiger partial charge in [-0.25, -0.2) is 4.98 Å². The van der Waals surface area contributed by atoms with Gasteiger partial charge in [0.05, 0.1) is 18.4 Å². The third kappa shape index (κ3) is 4.74. The van der Waals surface area contributed by atoms with Gasteiger partial charge in [-0.3, -0.25) is 0 Å². The van der Waals surface area contributed by atoms with E-state index in [2.05, 4.69) is 34.2 Å². The molecule has 2 rings (SSSR count). The Labute approximate surface area is 126 Å². The summed E-state index contributed by atoms with van der Waals surface area (Å²) in [5.41, 5.74) is 0.974. The van der Waals surface area contributed by atoms with Crippen LogP contribution in [0.4, 0.5) is 0 Å². The van der Waals surface area contributed by atoms with Crippen LogP contribution in [0.5, 0.6) is 0 Å². The number of aromatic nitrogens is 2. The van der Waals surface area contributed by atoms with E-state index in [-0.39, 0.29) is 6.10 Å². The topological polar surface area (TPSA) is 53.2 Å². The fourth-order valence-corrected chi connectivity index (χ4v) is 2.58. The molecule has 1 unspecified atom stereocenters. The van der Waals surface area contributed by atoms with Crippen molar-refractivity contribution < 1.29 is 4.74 Å². The fraction of sp³-hybridized carbons (Fsp3) is 0.786. The van der Waals surface area contributed by atoms with Gasteiger partial charge in [-0.1, -0.05) is 24.9 Å². The lowest BCUT2D eigenvalue weighted by molar-refractivity contribution is -0.0182. The monoisotopic (exact) mass is 300 g/mol. The van der Waals surface area contributed by atoms with Gasteiger partial charge in [0, 0.05) is 32.6 Å². The Balaban J connectivity index is 1.74. The molecule has 0 amide bonds. The number of halogens is 1. The van der Waals surface area contributed by atoms with Crippen LogP contribution in [0.2, 0.25) is 5.15 Å². The molecule has 114 valence electrons. The van der Waals surface area contributed by atoms with E-state index in [1.807, 2.05) is 0 Å². The lowest BCUT2D eigenvalue weighted by Gasteiger charge is -2.30. The number of hydrogen-bond donors (Lipinski definition) is 2. The average molecular weight is 301 g/mol. The summed E-state index contributed by atoms with van der Waals surface area (Å²) in [5, 5.41) is 3.98. The Morgan fingerprint density at radius 3 is 3.15 bits per heavy atom. The van der Waals surface area contributed by atoms with Crippen molar-refractivity contribution in [3.05, 3.63) is 16.7 Å². The number of aryl methyl sites for hydroxylation is 1. The summed E-state index contributed by atoms with van der Waals surface area (Å²) in [5.74, 6) is 0.988. The quantitative estimate of drug-likeness (QED) is 0.806. The number of H-pyrrole nitrogens is 1. The maximum absolute atomic E-state index is 6.15. The Morgan fingerprint density at radius 2 is 2.40 bits per heavy atom. The maximum Gasteiger partial charge on any atom is 0.151 e. The summed E-state index contributed by atoms with van der Waals surface area (Å²) in [7, 11) is 2.13. The van der Waals surface area contributed by atoms with E-state index in [9.17, 15) is 0 Å². The molecule has 0 saturated carbocycles. The molecular weight excluding hydrogens is 276 g/mol. The number of ether oxygens (including phenoxy) is 1. The number of nitrogens with one attached hydrogen (secondary N) is 2. The lowest BCUT2D eigenvalue weighted by Crippen LogP contribution is -2.44. The van der Waals surface area contributed by atoms with Crippen LogP contribution in [0.1, 0.15) is 31.3 Å². The van der Waals surface area contributed by atoms with Crippen molar-refractivity contribution in [1.82, 2.24) is 20.2 Å². The van der Waals surface area contributed by atoms with E-state index >= 15 is 0 Å². The first kappa shape index (κ1) is 15.8. The van der Waals surface area contributed by atoms with Gasteiger partial charge in [0.2, 0.25) is 0 Å². The molecule has 5 nitrogen and oxygen atoms in total. The highest BCUT2D eigenvalue weighted by atomic mass is 35.5. The van der Waals surface area contributed by atoms with Crippen molar-refractivity contribution in [2.75, 3.05) is 33.3 Å². The second kappa shape index (κ2) is 7.98. The molecule has 1 aromatic heterocycles. The zero-order valence-corrected chi connectivity index (χ0v) is 13.2. The highest BCUT2D eigenvalue weighted by Crippen LogP contribution is 2.14. The SMILES string of the molecule is CCCCc1nc(Cl)c(CNCC2CN(C)CCO2)[nH]1. The largest absolute Gasteiger partial charge is 0.374 e. The van der Waals surface area contributed by atoms with Crippen LogP contribution < -0.4 is 5.32 Å². The Kier molecular flexibility index (Phi) is 6.29. The molecule has 2 heterocycles. The minimum atomic E-state index is 0.259. The highest BCUT2D eigenvalue weighted by Gasteiger charge is 2.17. The molecule has 1 aliphatic rings. The Hall–Kier alpha value is -0.620. The molecule has 1 fully saturated rings. The van der Waals surface area contributed by atoms with Crippen LogP contribution in [-0.4, -0.2) is 54.3 Å². The molecule has 0 aromatic carbocycles. The number of imidazole rings is 1. The molecule has 1 saturated heterocycles. The molecule has 1 atom stereocenters. The molecule has 1 aromatic rings. The van der Waals surface area contributed by atoms with Gasteiger partial charge in [0.1, 0.15) is 5.82 Å². The van der Waals surface area contributed by atoms with Crippen LogP contribution >= 0.6 is 11.6 Å². The van der Waals surface area contributed by atoms with Crippen molar-refractivity contribution in [2.45, 2.75) is 38.8 Å². The van der Waals surface area contributed by atoms with Gasteiger partial charge >= 0.3 is 0 Å². The normalized spacial score (nSPS) is 20.4. The second-order valence-corrected chi connectivity index (χ2v) is 5.80. The minimum Gasteiger partial charge on any atom is -0.374 e. The van der Waals surface area contributed by atoms with E-state index in [0.29, 0.717) is 11.7 Å². The summed E-state index contributed by atoms with van der Waals surface area (Å²) < 4.78 is 5.71. The lowest BCUT2D eigenvalue weighted by atomic mass is 10.2. The first-order valence-corrected chi connectivity index (χ1v) is 7.81. The molecule has 20 heavy (non-hydrogen) atoms. The first-order chi connectivity index (χ1) is 9.69. The summed E-state index contributed by atoms with van der Waals surface area (Å²) in [6, 6.07) is 0. The van der Waals surface area contributed by atoms with Gasteiger partial charge in [0.25, 0.3) is 0 Å². The first-order valence-electron chi connectivity index (χ1n) is 7.43. The van der Waals surface area contributed by atoms with Crippen molar-refractivity contribution in [2.24, 2.45) is 0 Å². The van der Waals surface area contributed by atoms with Gasteiger partial charge < -0.3 is 19.9 Å². The van der Waals surface area contributed by atoms with Crippen molar-refractivity contribution >= 4 is 11.6 Å². The van der Waals surface area contributed by atoms with Crippen LogP contribution in [0.25, 0.3) is 0 Å². The number of morpholine rings is 1. The van der Waals surface area contributed by atoms with Crippen molar-refractivity contribution in [3.8, 4) is 0 Å². The van der Waals surface area contributed by atoms with E-state index in [0.717, 1.165) is 50.6 Å². The summed E-state index contributed by atoms with van der Waals surface area (Å²) in [4.78, 5) is 9.96. The molecule has 0 spiro atoms. The number of hydrogen-bond acceptors (Lipinski definition) is 4. The Morgan fingerprint density at radius 1 is 1.55 bits per heavy atom. The third-order valence-corrected chi connectivity index (χ3v) is 3.87. The zero-order chi connectivity index (χ0) is 14.4. The number of unbranched alkanes of at least 4 members (excludes halogenated alkanes) is 1. The van der Waals surface area contributed by atoms with Crippen molar-refractivity contribution in [3.63, 3.8) is 0 Å². The number of aromatic amines is 1. The molecule has 0 bridgehead atoms. The van der Waals surface area contributed by atoms with Crippen LogP contribution in [0.15, 0.2) is 0 Å². The van der Waals surface area contributed by atoms with E-state index in [1.165, 1.54) is 6.42 Å². The summed E-state index contributed by atoms with van der Waals surface area (Å²) in [6.07, 6.45) is 3.53. The molecule has 0 radical (unpaired) electrons. The Bertz CT molecular complexity index is 410. The van der Waals surface area contributed by atoms with Crippen LogP contribution in [-0.2, 0) is 17.7 Å². The number of rotatable bonds is 7. The number of nitrogens with zero attached hydrogens (tertiary/aromatic N) is 2. The van der Waals surface area contributed by atoms with Crippen LogP contribution in [0, 0.1) is 0 Å². The van der Waals surface area contributed by atoms with E-state index in [1.54, 1.807) is 0 Å². The van der Waals surface area contributed by atoms with E-state index < -0.39 is 0 Å². The minimum absolute atomic E-state index is 0.259. The molecule has 2 N–H and O–H groups in total. The molecule has 0 aliphatic carbocycles. The van der Waals surface area contributed by atoms with Crippen LogP contribution in [0.3, 0.4) is 0 Å². The van der Waals surface area contributed by atoms with Gasteiger partial charge in [0.15, 0.2) is 5.15 Å². The predicted octanol–water partition coefficient (Wildman–Crippen LogP) is 1.83. The van der Waals surface area contributed by atoms with E-state index in [4.69, 9.17) is 16.3 Å². The summed E-state index contributed by atoms with van der Waals surface area (Å²) >= 11 is 6.15. The van der Waals surface area contributed by atoms with Crippen molar-refractivity contribution in [1.29, 1.82) is 0 Å². The molecule has 6 heteroatoms. The maximum atomic E-state index is 6.15. The summed E-state index contributed by atoms with van der Waals surface area (Å²) in [6.45, 7) is 6.53. The molecular formula is C14H25ClN4O. The predicted molar refractivity (Wildman–Crippen MR) is 81.2 cm³/mol. The van der Waals surface area contributed by atoms with Gasteiger partial charge in [-0.15, -0.1) is 0 Å².